The summed E-state index contributed by atoms with van der Waals surface area (Å²) in [6, 6.07) is 5.81. The SMILES string of the molecule is CN(CCc1ccccn1)C(=O)CCN(C)C1CCS(=O)(=O)C1. The fourth-order valence-corrected chi connectivity index (χ4v) is 4.53. The van der Waals surface area contributed by atoms with Gasteiger partial charge in [-0.25, -0.2) is 8.42 Å². The number of likely N-dealkylation sites (N-methyl/N-ethyl adjacent to an activating group) is 1. The van der Waals surface area contributed by atoms with Crippen LogP contribution in [0.5, 0.6) is 0 Å². The van der Waals surface area contributed by atoms with E-state index in [2.05, 4.69) is 4.98 Å². The predicted molar refractivity (Wildman–Crippen MR) is 89.9 cm³/mol. The molecule has 1 unspecified atom stereocenters. The van der Waals surface area contributed by atoms with E-state index in [9.17, 15) is 13.2 Å². The number of aromatic nitrogens is 1. The zero-order valence-electron chi connectivity index (χ0n) is 13.8. The molecule has 0 radical (unpaired) electrons. The van der Waals surface area contributed by atoms with Crippen LogP contribution in [0.4, 0.5) is 0 Å². The van der Waals surface area contributed by atoms with E-state index in [1.54, 1.807) is 18.1 Å². The molecule has 7 heteroatoms. The Kier molecular flexibility index (Phi) is 6.12. The van der Waals surface area contributed by atoms with E-state index >= 15 is 0 Å². The van der Waals surface area contributed by atoms with Crippen molar-refractivity contribution in [3.8, 4) is 0 Å². The summed E-state index contributed by atoms with van der Waals surface area (Å²) >= 11 is 0. The van der Waals surface area contributed by atoms with Crippen molar-refractivity contribution >= 4 is 15.7 Å². The first-order chi connectivity index (χ1) is 10.9. The summed E-state index contributed by atoms with van der Waals surface area (Å²) in [6.07, 6.45) is 3.57. The number of hydrogen-bond donors (Lipinski definition) is 0. The van der Waals surface area contributed by atoms with Crippen LogP contribution in [0.15, 0.2) is 24.4 Å². The number of hydrogen-bond acceptors (Lipinski definition) is 5. The van der Waals surface area contributed by atoms with Crippen LogP contribution in [-0.2, 0) is 21.1 Å². The third-order valence-corrected chi connectivity index (χ3v) is 6.12. The highest BCUT2D eigenvalue weighted by Crippen LogP contribution is 2.16. The lowest BCUT2D eigenvalue weighted by Crippen LogP contribution is -2.37. The van der Waals surface area contributed by atoms with Crippen LogP contribution in [0, 0.1) is 0 Å². The van der Waals surface area contributed by atoms with Gasteiger partial charge in [0, 0.05) is 50.9 Å². The third kappa shape index (κ3) is 5.58. The maximum atomic E-state index is 12.2. The highest BCUT2D eigenvalue weighted by molar-refractivity contribution is 7.91. The Labute approximate surface area is 138 Å². The quantitative estimate of drug-likeness (QED) is 0.727. The van der Waals surface area contributed by atoms with E-state index in [1.807, 2.05) is 30.1 Å². The first kappa shape index (κ1) is 17.9. The Balaban J connectivity index is 1.71. The highest BCUT2D eigenvalue weighted by Gasteiger charge is 2.30. The van der Waals surface area contributed by atoms with E-state index in [1.165, 1.54) is 0 Å². The normalized spacial score (nSPS) is 19.9. The van der Waals surface area contributed by atoms with Crippen molar-refractivity contribution in [3.63, 3.8) is 0 Å². The van der Waals surface area contributed by atoms with Gasteiger partial charge in [-0.1, -0.05) is 6.07 Å². The molecular weight excluding hydrogens is 314 g/mol. The Hall–Kier alpha value is -1.47. The van der Waals surface area contributed by atoms with E-state index in [-0.39, 0.29) is 23.5 Å². The molecule has 1 saturated heterocycles. The van der Waals surface area contributed by atoms with Crippen LogP contribution in [0.3, 0.4) is 0 Å². The van der Waals surface area contributed by atoms with E-state index < -0.39 is 9.84 Å². The number of carbonyl (C=O) groups excluding carboxylic acids is 1. The van der Waals surface area contributed by atoms with E-state index in [0.29, 0.717) is 25.9 Å². The molecule has 2 rings (SSSR count). The molecule has 0 aliphatic carbocycles. The van der Waals surface area contributed by atoms with Gasteiger partial charge in [-0.15, -0.1) is 0 Å². The summed E-state index contributed by atoms with van der Waals surface area (Å²) in [5.41, 5.74) is 0.973. The van der Waals surface area contributed by atoms with Crippen LogP contribution >= 0.6 is 0 Å². The molecular formula is C16H25N3O3S. The standard InChI is InChI=1S/C16H25N3O3S/c1-18(15-8-12-23(21,22)13-15)11-7-16(20)19(2)10-6-14-5-3-4-9-17-14/h3-5,9,15H,6-8,10-13H2,1-2H3. The molecule has 0 bridgehead atoms. The zero-order valence-corrected chi connectivity index (χ0v) is 14.6. The molecule has 0 N–H and O–H groups in total. The third-order valence-electron chi connectivity index (χ3n) is 4.37. The molecule has 1 aromatic heterocycles. The molecule has 1 aromatic rings. The lowest BCUT2D eigenvalue weighted by Gasteiger charge is -2.24. The molecule has 6 nitrogen and oxygen atoms in total. The first-order valence-corrected chi connectivity index (χ1v) is 9.74. The second-order valence-corrected chi connectivity index (χ2v) is 8.40. The number of rotatable bonds is 7. The predicted octanol–water partition coefficient (Wildman–Crippen LogP) is 0.592. The summed E-state index contributed by atoms with van der Waals surface area (Å²) in [5.74, 6) is 0.557. The first-order valence-electron chi connectivity index (χ1n) is 7.92. The smallest absolute Gasteiger partial charge is 0.223 e. The lowest BCUT2D eigenvalue weighted by molar-refractivity contribution is -0.130. The Morgan fingerprint density at radius 2 is 2.09 bits per heavy atom. The highest BCUT2D eigenvalue weighted by atomic mass is 32.2. The van der Waals surface area contributed by atoms with Crippen LogP contribution in [-0.4, -0.2) is 73.8 Å². The van der Waals surface area contributed by atoms with Gasteiger partial charge in [0.15, 0.2) is 9.84 Å². The molecule has 23 heavy (non-hydrogen) atoms. The Bertz CT molecular complexity index is 619. The number of nitrogens with zero attached hydrogens (tertiary/aromatic N) is 3. The fraction of sp³-hybridized carbons (Fsp3) is 0.625. The summed E-state index contributed by atoms with van der Waals surface area (Å²) in [6.45, 7) is 1.23. The number of pyridine rings is 1. The average molecular weight is 339 g/mol. The second-order valence-electron chi connectivity index (χ2n) is 6.17. The van der Waals surface area contributed by atoms with E-state index in [4.69, 9.17) is 0 Å². The average Bonchev–Trinajstić information content (AvgIpc) is 2.91. The summed E-state index contributed by atoms with van der Waals surface area (Å²) in [5, 5.41) is 0. The molecule has 1 aliphatic heterocycles. The lowest BCUT2D eigenvalue weighted by atomic mass is 10.2. The monoisotopic (exact) mass is 339 g/mol. The van der Waals surface area contributed by atoms with Crippen LogP contribution in [0.25, 0.3) is 0 Å². The van der Waals surface area contributed by atoms with Gasteiger partial charge in [-0.05, 0) is 25.6 Å². The fourth-order valence-electron chi connectivity index (χ4n) is 2.72. The second kappa shape index (κ2) is 7.88. The van der Waals surface area contributed by atoms with Gasteiger partial charge < -0.3 is 9.80 Å². The number of amides is 1. The van der Waals surface area contributed by atoms with Gasteiger partial charge >= 0.3 is 0 Å². The minimum Gasteiger partial charge on any atom is -0.345 e. The van der Waals surface area contributed by atoms with Crippen molar-refractivity contribution in [1.82, 2.24) is 14.8 Å². The number of carbonyl (C=O) groups is 1. The zero-order chi connectivity index (χ0) is 16.9. The topological polar surface area (TPSA) is 70.6 Å². The molecule has 0 spiro atoms. The molecule has 1 amide bonds. The van der Waals surface area contributed by atoms with Crippen molar-refractivity contribution in [2.24, 2.45) is 0 Å². The summed E-state index contributed by atoms with van der Waals surface area (Å²) < 4.78 is 23.0. The van der Waals surface area contributed by atoms with Crippen molar-refractivity contribution in [3.05, 3.63) is 30.1 Å². The van der Waals surface area contributed by atoms with Gasteiger partial charge in [-0.3, -0.25) is 9.78 Å². The largest absolute Gasteiger partial charge is 0.345 e. The Morgan fingerprint density at radius 1 is 1.30 bits per heavy atom. The molecule has 2 heterocycles. The van der Waals surface area contributed by atoms with Crippen molar-refractivity contribution < 1.29 is 13.2 Å². The maximum Gasteiger partial charge on any atom is 0.223 e. The minimum absolute atomic E-state index is 0.0478. The van der Waals surface area contributed by atoms with Gasteiger partial charge in [0.1, 0.15) is 0 Å². The summed E-state index contributed by atoms with van der Waals surface area (Å²) in [7, 11) is 0.814. The van der Waals surface area contributed by atoms with Crippen LogP contribution < -0.4 is 0 Å². The molecule has 0 aromatic carbocycles. The van der Waals surface area contributed by atoms with Crippen LogP contribution in [0.1, 0.15) is 18.5 Å². The van der Waals surface area contributed by atoms with Crippen molar-refractivity contribution in [2.75, 3.05) is 38.7 Å². The molecule has 128 valence electrons. The molecule has 1 aliphatic rings. The van der Waals surface area contributed by atoms with Gasteiger partial charge in [0.25, 0.3) is 0 Å². The number of sulfone groups is 1. The van der Waals surface area contributed by atoms with Crippen LogP contribution in [0.2, 0.25) is 0 Å². The van der Waals surface area contributed by atoms with Gasteiger partial charge in [0.05, 0.1) is 11.5 Å². The van der Waals surface area contributed by atoms with Crippen molar-refractivity contribution in [1.29, 1.82) is 0 Å². The van der Waals surface area contributed by atoms with E-state index in [0.717, 1.165) is 12.1 Å². The summed E-state index contributed by atoms with van der Waals surface area (Å²) in [4.78, 5) is 20.1. The maximum absolute atomic E-state index is 12.2. The molecule has 1 fully saturated rings. The minimum atomic E-state index is -2.88. The van der Waals surface area contributed by atoms with Gasteiger partial charge in [0.2, 0.25) is 5.91 Å². The molecule has 0 saturated carbocycles. The van der Waals surface area contributed by atoms with Gasteiger partial charge in [-0.2, -0.15) is 0 Å². The Morgan fingerprint density at radius 3 is 2.70 bits per heavy atom. The molecule has 1 atom stereocenters. The van der Waals surface area contributed by atoms with Crippen molar-refractivity contribution in [2.45, 2.75) is 25.3 Å².